The summed E-state index contributed by atoms with van der Waals surface area (Å²) in [5.74, 6) is 2.39. The molecule has 3 heteroatoms. The van der Waals surface area contributed by atoms with Crippen LogP contribution in [0.3, 0.4) is 0 Å². The van der Waals surface area contributed by atoms with E-state index in [0.29, 0.717) is 29.2 Å². The molecule has 112 valence electrons. The first-order valence-corrected chi connectivity index (χ1v) is 8.16. The van der Waals surface area contributed by atoms with Crippen molar-refractivity contribution in [3.8, 4) is 5.75 Å². The third kappa shape index (κ3) is 1.63. The second kappa shape index (κ2) is 4.25. The van der Waals surface area contributed by atoms with Gasteiger partial charge in [0, 0.05) is 11.8 Å². The Morgan fingerprint density at radius 3 is 2.86 bits per heavy atom. The highest BCUT2D eigenvalue weighted by molar-refractivity contribution is 5.87. The maximum atomic E-state index is 12.3. The van der Waals surface area contributed by atoms with E-state index >= 15 is 0 Å². The second-order valence-electron chi connectivity index (χ2n) is 7.40. The fraction of sp³-hybridized carbons (Fsp3) is 0.611. The standard InChI is InChI=1S/C18H23NO2/c1-18-9-8-11-10-4-6-15(20)17(19)13(10)3-2-12(11)14(18)5-7-16(18)21/h4,6,11-12,14,20H,2-3,5,7-9,19H2,1H3/t11?,12?,14?,18-/m0/s1. The molecule has 3 aliphatic rings. The normalized spacial score (nSPS) is 37.8. The number of hydrogen-bond acceptors (Lipinski definition) is 3. The van der Waals surface area contributed by atoms with Crippen LogP contribution >= 0.6 is 0 Å². The Hall–Kier alpha value is -1.51. The minimum Gasteiger partial charge on any atom is -0.506 e. The van der Waals surface area contributed by atoms with Gasteiger partial charge in [0.25, 0.3) is 0 Å². The average molecular weight is 285 g/mol. The second-order valence-corrected chi connectivity index (χ2v) is 7.40. The number of phenolic OH excluding ortho intramolecular Hbond substituents is 1. The summed E-state index contributed by atoms with van der Waals surface area (Å²) >= 11 is 0. The van der Waals surface area contributed by atoms with Crippen LogP contribution < -0.4 is 5.73 Å². The third-order valence-electron chi connectivity index (χ3n) is 6.64. The van der Waals surface area contributed by atoms with Gasteiger partial charge in [0.05, 0.1) is 5.69 Å². The van der Waals surface area contributed by atoms with Crippen molar-refractivity contribution < 1.29 is 9.90 Å². The van der Waals surface area contributed by atoms with Crippen LogP contribution in [0, 0.1) is 17.3 Å². The molecule has 0 bridgehead atoms. The monoisotopic (exact) mass is 285 g/mol. The van der Waals surface area contributed by atoms with E-state index in [1.807, 2.05) is 0 Å². The summed E-state index contributed by atoms with van der Waals surface area (Å²) in [6.07, 6.45) is 5.99. The zero-order valence-corrected chi connectivity index (χ0v) is 12.6. The number of fused-ring (bicyclic) bond motifs is 5. The van der Waals surface area contributed by atoms with Crippen LogP contribution in [0.2, 0.25) is 0 Å². The Balaban J connectivity index is 1.75. The number of benzene rings is 1. The summed E-state index contributed by atoms with van der Waals surface area (Å²) in [5, 5.41) is 9.83. The van der Waals surface area contributed by atoms with Gasteiger partial charge in [-0.25, -0.2) is 0 Å². The number of carbonyl (C=O) groups is 1. The Labute approximate surface area is 125 Å². The number of rotatable bonds is 0. The first-order chi connectivity index (χ1) is 10.0. The van der Waals surface area contributed by atoms with Gasteiger partial charge in [-0.1, -0.05) is 13.0 Å². The molecular weight excluding hydrogens is 262 g/mol. The van der Waals surface area contributed by atoms with Crippen molar-refractivity contribution in [2.24, 2.45) is 17.3 Å². The molecule has 1 aromatic rings. The summed E-state index contributed by atoms with van der Waals surface area (Å²) in [6.45, 7) is 2.20. The predicted octanol–water partition coefficient (Wildman–Crippen LogP) is 3.40. The molecule has 3 nitrogen and oxygen atoms in total. The van der Waals surface area contributed by atoms with Crippen molar-refractivity contribution in [3.05, 3.63) is 23.3 Å². The van der Waals surface area contributed by atoms with Crippen molar-refractivity contribution in [1.29, 1.82) is 0 Å². The molecule has 0 amide bonds. The molecule has 2 saturated carbocycles. The number of phenols is 1. The lowest BCUT2D eigenvalue weighted by Crippen LogP contribution is -2.42. The highest BCUT2D eigenvalue weighted by Crippen LogP contribution is 2.60. The average Bonchev–Trinajstić information content (AvgIpc) is 2.78. The van der Waals surface area contributed by atoms with Crippen LogP contribution in [0.1, 0.15) is 56.1 Å². The number of carbonyl (C=O) groups excluding carboxylic acids is 1. The van der Waals surface area contributed by atoms with Crippen molar-refractivity contribution in [2.45, 2.75) is 51.4 Å². The number of Topliss-reactive ketones (excluding diaryl/α,β-unsaturated/α-hetero) is 1. The molecule has 0 aliphatic heterocycles. The fourth-order valence-electron chi connectivity index (χ4n) is 5.45. The predicted molar refractivity (Wildman–Crippen MR) is 82.1 cm³/mol. The van der Waals surface area contributed by atoms with Crippen LogP contribution in [0.5, 0.6) is 5.75 Å². The number of aromatic hydroxyl groups is 1. The molecule has 21 heavy (non-hydrogen) atoms. The summed E-state index contributed by atoms with van der Waals surface area (Å²) in [4.78, 5) is 12.3. The molecule has 3 aliphatic carbocycles. The van der Waals surface area contributed by atoms with Gasteiger partial charge in [0.15, 0.2) is 0 Å². The largest absolute Gasteiger partial charge is 0.506 e. The minimum absolute atomic E-state index is 0.0683. The summed E-state index contributed by atoms with van der Waals surface area (Å²) in [7, 11) is 0. The smallest absolute Gasteiger partial charge is 0.139 e. The van der Waals surface area contributed by atoms with E-state index in [-0.39, 0.29) is 11.2 Å². The molecule has 0 aromatic heterocycles. The first-order valence-electron chi connectivity index (χ1n) is 8.16. The highest BCUT2D eigenvalue weighted by Gasteiger charge is 2.54. The zero-order chi connectivity index (χ0) is 14.8. The number of anilines is 1. The molecule has 0 heterocycles. The molecule has 0 saturated heterocycles. The molecule has 0 spiro atoms. The molecule has 4 rings (SSSR count). The van der Waals surface area contributed by atoms with Gasteiger partial charge in [-0.2, -0.15) is 0 Å². The molecule has 0 radical (unpaired) electrons. The lowest BCUT2D eigenvalue weighted by atomic mass is 9.55. The van der Waals surface area contributed by atoms with Crippen LogP contribution in [-0.2, 0) is 11.2 Å². The Bertz CT molecular complexity index is 624. The summed E-state index contributed by atoms with van der Waals surface area (Å²) in [5.41, 5.74) is 9.07. The number of nitrogens with two attached hydrogens (primary N) is 1. The van der Waals surface area contributed by atoms with Crippen molar-refractivity contribution in [2.75, 3.05) is 5.73 Å². The van der Waals surface area contributed by atoms with Gasteiger partial charge >= 0.3 is 0 Å². The van der Waals surface area contributed by atoms with Crippen molar-refractivity contribution >= 4 is 11.5 Å². The van der Waals surface area contributed by atoms with Crippen LogP contribution in [-0.4, -0.2) is 10.9 Å². The molecular formula is C18H23NO2. The minimum atomic E-state index is -0.0683. The van der Waals surface area contributed by atoms with Gasteiger partial charge < -0.3 is 10.8 Å². The van der Waals surface area contributed by atoms with E-state index in [2.05, 4.69) is 13.0 Å². The maximum Gasteiger partial charge on any atom is 0.139 e. The van der Waals surface area contributed by atoms with E-state index < -0.39 is 0 Å². The number of ketones is 1. The lowest BCUT2D eigenvalue weighted by molar-refractivity contribution is -0.129. The topological polar surface area (TPSA) is 63.3 Å². The van der Waals surface area contributed by atoms with Gasteiger partial charge in [-0.15, -0.1) is 0 Å². The van der Waals surface area contributed by atoms with Crippen molar-refractivity contribution in [1.82, 2.24) is 0 Å². The first kappa shape index (κ1) is 13.2. The molecule has 1 aromatic carbocycles. The number of nitrogen functional groups attached to an aromatic ring is 1. The molecule has 3 unspecified atom stereocenters. The lowest BCUT2D eigenvalue weighted by Gasteiger charge is -2.48. The maximum absolute atomic E-state index is 12.3. The van der Waals surface area contributed by atoms with E-state index in [0.717, 1.165) is 44.1 Å². The van der Waals surface area contributed by atoms with Crippen LogP contribution in [0.15, 0.2) is 12.1 Å². The Kier molecular flexibility index (Phi) is 2.66. The SMILES string of the molecule is C[C@]12CCC3c4ccc(O)c(N)c4CCC3C1CCC2=O. The van der Waals surface area contributed by atoms with Gasteiger partial charge in [0.2, 0.25) is 0 Å². The quantitative estimate of drug-likeness (QED) is 0.567. The molecule has 4 atom stereocenters. The zero-order valence-electron chi connectivity index (χ0n) is 12.6. The van der Waals surface area contributed by atoms with E-state index in [9.17, 15) is 9.90 Å². The Morgan fingerprint density at radius 1 is 1.24 bits per heavy atom. The highest BCUT2D eigenvalue weighted by atomic mass is 16.3. The van der Waals surface area contributed by atoms with Crippen LogP contribution in [0.4, 0.5) is 5.69 Å². The fourth-order valence-corrected chi connectivity index (χ4v) is 5.45. The van der Waals surface area contributed by atoms with E-state index in [4.69, 9.17) is 5.73 Å². The summed E-state index contributed by atoms with van der Waals surface area (Å²) < 4.78 is 0. The van der Waals surface area contributed by atoms with Crippen molar-refractivity contribution in [3.63, 3.8) is 0 Å². The van der Waals surface area contributed by atoms with Gasteiger partial charge in [-0.05, 0) is 67.1 Å². The molecule has 3 N–H and O–H groups in total. The van der Waals surface area contributed by atoms with Gasteiger partial charge in [-0.3, -0.25) is 4.79 Å². The Morgan fingerprint density at radius 2 is 2.05 bits per heavy atom. The van der Waals surface area contributed by atoms with E-state index in [1.165, 1.54) is 5.56 Å². The molecule has 2 fully saturated rings. The van der Waals surface area contributed by atoms with E-state index in [1.54, 1.807) is 6.07 Å². The van der Waals surface area contributed by atoms with Crippen LogP contribution in [0.25, 0.3) is 0 Å². The van der Waals surface area contributed by atoms with Gasteiger partial charge in [0.1, 0.15) is 11.5 Å². The number of hydrogen-bond donors (Lipinski definition) is 2. The summed E-state index contributed by atoms with van der Waals surface area (Å²) in [6, 6.07) is 3.81. The third-order valence-corrected chi connectivity index (χ3v) is 6.64.